The maximum atomic E-state index is 5.16. The third-order valence-electron chi connectivity index (χ3n) is 5.54. The zero-order chi connectivity index (χ0) is 19.6. The highest BCUT2D eigenvalue weighted by molar-refractivity contribution is 8.14. The smallest absolute Gasteiger partial charge is 0.160 e. The molecule has 2 aromatic carbocycles. The third kappa shape index (κ3) is 3.58. The topological polar surface area (TPSA) is 28.5 Å². The van der Waals surface area contributed by atoms with Gasteiger partial charge in [-0.05, 0) is 42.3 Å². The van der Waals surface area contributed by atoms with Crippen LogP contribution in [0.2, 0.25) is 0 Å². The molecule has 29 heavy (non-hydrogen) atoms. The third-order valence-corrected chi connectivity index (χ3v) is 7.76. The molecule has 5 heteroatoms. The Balaban J connectivity index is 1.59. The lowest BCUT2D eigenvalue weighted by molar-refractivity contribution is 0.252. The molecule has 1 fully saturated rings. The maximum Gasteiger partial charge on any atom is 0.160 e. The fraction of sp³-hybridized carbons (Fsp3) is 0.250. The number of benzene rings is 2. The van der Waals surface area contributed by atoms with Gasteiger partial charge in [0.15, 0.2) is 5.17 Å². The summed E-state index contributed by atoms with van der Waals surface area (Å²) in [7, 11) is 0. The van der Waals surface area contributed by atoms with Crippen molar-refractivity contribution in [3.8, 4) is 0 Å². The lowest BCUT2D eigenvalue weighted by atomic mass is 9.95. The van der Waals surface area contributed by atoms with Crippen molar-refractivity contribution in [1.82, 2.24) is 9.88 Å². The van der Waals surface area contributed by atoms with Gasteiger partial charge in [-0.3, -0.25) is 9.98 Å². The molecular formula is C24H23N3S2. The molecule has 0 spiro atoms. The van der Waals surface area contributed by atoms with Gasteiger partial charge in [0.25, 0.3) is 0 Å². The number of fused-ring (bicyclic) bond motifs is 1. The van der Waals surface area contributed by atoms with Gasteiger partial charge in [0.1, 0.15) is 6.04 Å². The van der Waals surface area contributed by atoms with Gasteiger partial charge in [-0.15, -0.1) is 0 Å². The van der Waals surface area contributed by atoms with Crippen molar-refractivity contribution in [2.45, 2.75) is 41.3 Å². The Kier molecular flexibility index (Phi) is 5.34. The molecule has 0 aliphatic carbocycles. The van der Waals surface area contributed by atoms with E-state index < -0.39 is 0 Å². The van der Waals surface area contributed by atoms with Crippen LogP contribution in [0.25, 0.3) is 0 Å². The zero-order valence-electron chi connectivity index (χ0n) is 16.3. The summed E-state index contributed by atoms with van der Waals surface area (Å²) in [6, 6.07) is 26.3. The highest BCUT2D eigenvalue weighted by atomic mass is 32.2. The summed E-state index contributed by atoms with van der Waals surface area (Å²) >= 11 is 3.73. The first-order valence-corrected chi connectivity index (χ1v) is 11.9. The van der Waals surface area contributed by atoms with Gasteiger partial charge in [-0.1, -0.05) is 72.9 Å². The molecule has 3 nitrogen and oxygen atoms in total. The van der Waals surface area contributed by atoms with Crippen LogP contribution in [0.1, 0.15) is 36.7 Å². The Morgan fingerprint density at radius 1 is 1.00 bits per heavy atom. The minimum atomic E-state index is 0.0329. The summed E-state index contributed by atoms with van der Waals surface area (Å²) in [6.45, 7) is 2.28. The van der Waals surface area contributed by atoms with E-state index in [0.29, 0.717) is 6.04 Å². The number of pyridine rings is 1. The number of aromatic nitrogens is 1. The van der Waals surface area contributed by atoms with Crippen LogP contribution in [0.15, 0.2) is 93.8 Å². The van der Waals surface area contributed by atoms with E-state index in [1.54, 1.807) is 0 Å². The van der Waals surface area contributed by atoms with E-state index in [1.807, 2.05) is 35.8 Å². The van der Waals surface area contributed by atoms with Crippen LogP contribution >= 0.6 is 23.5 Å². The molecule has 3 atom stereocenters. The predicted octanol–water partition coefficient (Wildman–Crippen LogP) is 6.21. The number of thioether (sulfide) groups is 1. The molecule has 3 unspecified atom stereocenters. The first kappa shape index (κ1) is 18.8. The highest BCUT2D eigenvalue weighted by Crippen LogP contribution is 2.50. The van der Waals surface area contributed by atoms with Gasteiger partial charge in [-0.25, -0.2) is 0 Å². The summed E-state index contributed by atoms with van der Waals surface area (Å²) in [5, 5.41) is 1.18. The number of hydrogen-bond donors (Lipinski definition) is 0. The van der Waals surface area contributed by atoms with Gasteiger partial charge in [0.05, 0.1) is 11.7 Å². The van der Waals surface area contributed by atoms with E-state index in [2.05, 4.69) is 83.5 Å². The van der Waals surface area contributed by atoms with E-state index in [1.165, 1.54) is 20.5 Å². The molecule has 0 bridgehead atoms. The van der Waals surface area contributed by atoms with E-state index in [4.69, 9.17) is 4.99 Å². The van der Waals surface area contributed by atoms with Crippen molar-refractivity contribution >= 4 is 28.7 Å². The molecule has 5 rings (SSSR count). The van der Waals surface area contributed by atoms with Gasteiger partial charge in [-0.2, -0.15) is 0 Å². The fourth-order valence-corrected chi connectivity index (χ4v) is 6.46. The van der Waals surface area contributed by atoms with Crippen LogP contribution in [0, 0.1) is 0 Å². The van der Waals surface area contributed by atoms with Crippen LogP contribution in [0.5, 0.6) is 0 Å². The standard InChI is InChI=1S/C24H23N3S2/c1-2-17-16-28-24-26-22(20-13-8-9-15-25-20)23(27(17)24)19-12-6-7-14-21(19)29-18-10-4-3-5-11-18/h3-15,17,22-23H,2,16H2,1H3. The lowest BCUT2D eigenvalue weighted by Crippen LogP contribution is -2.35. The summed E-state index contributed by atoms with van der Waals surface area (Å²) < 4.78 is 0. The Morgan fingerprint density at radius 2 is 1.79 bits per heavy atom. The number of amidine groups is 1. The second kappa shape index (κ2) is 8.25. The minimum absolute atomic E-state index is 0.0329. The Hall–Kier alpha value is -2.24. The van der Waals surface area contributed by atoms with Gasteiger partial charge >= 0.3 is 0 Å². The summed E-state index contributed by atoms with van der Waals surface area (Å²) in [5.41, 5.74) is 2.39. The van der Waals surface area contributed by atoms with Crippen LogP contribution in [0.4, 0.5) is 0 Å². The van der Waals surface area contributed by atoms with E-state index >= 15 is 0 Å². The molecule has 2 aliphatic heterocycles. The molecule has 146 valence electrons. The van der Waals surface area contributed by atoms with Gasteiger partial charge in [0, 0.05) is 27.8 Å². The quantitative estimate of drug-likeness (QED) is 0.493. The molecule has 0 saturated carbocycles. The first-order valence-electron chi connectivity index (χ1n) is 10.1. The number of aliphatic imine (C=N–C) groups is 1. The average molecular weight is 418 g/mol. The lowest BCUT2D eigenvalue weighted by Gasteiger charge is -2.33. The Morgan fingerprint density at radius 3 is 2.59 bits per heavy atom. The SMILES string of the molecule is CCC1CSC2=NC(c3ccccn3)C(c3ccccc3Sc3ccccc3)N21. The fourth-order valence-electron chi connectivity index (χ4n) is 4.12. The van der Waals surface area contributed by atoms with Crippen molar-refractivity contribution in [1.29, 1.82) is 0 Å². The number of nitrogens with zero attached hydrogens (tertiary/aromatic N) is 3. The van der Waals surface area contributed by atoms with Crippen molar-refractivity contribution in [2.24, 2.45) is 4.99 Å². The molecule has 0 amide bonds. The summed E-state index contributed by atoms with van der Waals surface area (Å²) in [4.78, 5) is 15.0. The van der Waals surface area contributed by atoms with Crippen LogP contribution in [-0.4, -0.2) is 26.8 Å². The molecule has 1 saturated heterocycles. The van der Waals surface area contributed by atoms with E-state index in [0.717, 1.165) is 17.9 Å². The van der Waals surface area contributed by atoms with Gasteiger partial charge < -0.3 is 4.90 Å². The largest absolute Gasteiger partial charge is 0.338 e. The molecule has 0 N–H and O–H groups in total. The molecular weight excluding hydrogens is 394 g/mol. The molecule has 3 heterocycles. The maximum absolute atomic E-state index is 5.16. The van der Waals surface area contributed by atoms with Crippen LogP contribution in [-0.2, 0) is 0 Å². The predicted molar refractivity (Wildman–Crippen MR) is 123 cm³/mol. The zero-order valence-corrected chi connectivity index (χ0v) is 17.9. The normalized spacial score (nSPS) is 23.1. The Bertz CT molecular complexity index is 1010. The molecule has 3 aromatic rings. The molecule has 0 radical (unpaired) electrons. The summed E-state index contributed by atoms with van der Waals surface area (Å²) in [5.74, 6) is 1.12. The minimum Gasteiger partial charge on any atom is -0.338 e. The second-order valence-corrected chi connectivity index (χ2v) is 9.39. The van der Waals surface area contributed by atoms with E-state index in [-0.39, 0.29) is 12.1 Å². The van der Waals surface area contributed by atoms with Crippen LogP contribution in [0.3, 0.4) is 0 Å². The van der Waals surface area contributed by atoms with Crippen molar-refractivity contribution in [2.75, 3.05) is 5.75 Å². The average Bonchev–Trinajstić information content (AvgIpc) is 3.35. The van der Waals surface area contributed by atoms with E-state index in [9.17, 15) is 0 Å². The monoisotopic (exact) mass is 417 g/mol. The van der Waals surface area contributed by atoms with Crippen molar-refractivity contribution in [3.63, 3.8) is 0 Å². The number of hydrogen-bond acceptors (Lipinski definition) is 5. The Labute approximate surface area is 180 Å². The van der Waals surface area contributed by atoms with Crippen LogP contribution < -0.4 is 0 Å². The molecule has 1 aromatic heterocycles. The second-order valence-electron chi connectivity index (χ2n) is 7.29. The molecule has 2 aliphatic rings. The highest BCUT2D eigenvalue weighted by Gasteiger charge is 2.46. The number of rotatable bonds is 5. The van der Waals surface area contributed by atoms with Gasteiger partial charge in [0.2, 0.25) is 0 Å². The van der Waals surface area contributed by atoms with Crippen molar-refractivity contribution < 1.29 is 0 Å². The first-order chi connectivity index (χ1) is 14.3. The van der Waals surface area contributed by atoms with Crippen molar-refractivity contribution in [3.05, 3.63) is 90.3 Å². The summed E-state index contributed by atoms with van der Waals surface area (Å²) in [6.07, 6.45) is 3.01.